The zero-order valence-corrected chi connectivity index (χ0v) is 6.30. The molecular weight excluding hydrogens is 124 g/mol. The van der Waals surface area contributed by atoms with E-state index in [1.165, 1.54) is 0 Å². The summed E-state index contributed by atoms with van der Waals surface area (Å²) < 4.78 is 0. The van der Waals surface area contributed by atoms with Crippen molar-refractivity contribution in [3.05, 3.63) is 24.6 Å². The van der Waals surface area contributed by atoms with E-state index in [1.807, 2.05) is 12.4 Å². The Bertz CT molecular complexity index is 126. The maximum atomic E-state index is 3.29. The Labute approximate surface area is 62.0 Å². The van der Waals surface area contributed by atoms with Crippen LogP contribution in [0.1, 0.15) is 6.92 Å². The molecule has 0 aromatic heterocycles. The summed E-state index contributed by atoms with van der Waals surface area (Å²) in [6, 6.07) is 0. The Kier molecular flexibility index (Phi) is 3.03. The van der Waals surface area contributed by atoms with Gasteiger partial charge in [-0.15, -0.1) is 0 Å². The van der Waals surface area contributed by atoms with E-state index in [4.69, 9.17) is 0 Å². The molecule has 0 unspecified atom stereocenters. The zero-order valence-electron chi connectivity index (χ0n) is 6.30. The second-order valence-electron chi connectivity index (χ2n) is 2.36. The van der Waals surface area contributed by atoms with Crippen molar-refractivity contribution in [3.63, 3.8) is 0 Å². The van der Waals surface area contributed by atoms with Crippen LogP contribution in [0.2, 0.25) is 0 Å². The van der Waals surface area contributed by atoms with E-state index in [0.29, 0.717) is 5.92 Å². The van der Waals surface area contributed by atoms with Crippen molar-refractivity contribution in [2.24, 2.45) is 5.92 Å². The summed E-state index contributed by atoms with van der Waals surface area (Å²) >= 11 is 0. The second kappa shape index (κ2) is 4.12. The van der Waals surface area contributed by atoms with Crippen LogP contribution in [0.4, 0.5) is 0 Å². The van der Waals surface area contributed by atoms with Gasteiger partial charge in [0.05, 0.1) is 0 Å². The van der Waals surface area contributed by atoms with Gasteiger partial charge in [0.2, 0.25) is 0 Å². The van der Waals surface area contributed by atoms with E-state index in [2.05, 4.69) is 29.7 Å². The highest BCUT2D eigenvalue weighted by atomic mass is 14.9. The SMILES string of the molecule is CCNCC1C=CNC=C1. The minimum absolute atomic E-state index is 0.571. The Morgan fingerprint density at radius 2 is 2.10 bits per heavy atom. The molecule has 2 heteroatoms. The normalized spacial score (nSPS) is 17.3. The third kappa shape index (κ3) is 2.23. The molecule has 0 amide bonds. The van der Waals surface area contributed by atoms with Crippen LogP contribution in [0.25, 0.3) is 0 Å². The summed E-state index contributed by atoms with van der Waals surface area (Å²) in [5, 5.41) is 6.29. The molecule has 0 aromatic carbocycles. The first kappa shape index (κ1) is 7.35. The van der Waals surface area contributed by atoms with E-state index < -0.39 is 0 Å². The topological polar surface area (TPSA) is 24.1 Å². The smallest absolute Gasteiger partial charge is 0.0106 e. The van der Waals surface area contributed by atoms with E-state index in [0.717, 1.165) is 13.1 Å². The van der Waals surface area contributed by atoms with Gasteiger partial charge in [0, 0.05) is 12.5 Å². The monoisotopic (exact) mass is 138 g/mol. The fourth-order valence-electron chi connectivity index (χ4n) is 0.925. The Balaban J connectivity index is 2.20. The molecule has 1 aliphatic rings. The predicted octanol–water partition coefficient (Wildman–Crippen LogP) is 0.843. The van der Waals surface area contributed by atoms with Crippen molar-refractivity contribution < 1.29 is 0 Å². The van der Waals surface area contributed by atoms with Crippen molar-refractivity contribution in [1.29, 1.82) is 0 Å². The average molecular weight is 138 g/mol. The Morgan fingerprint density at radius 3 is 2.70 bits per heavy atom. The fourth-order valence-corrected chi connectivity index (χ4v) is 0.925. The van der Waals surface area contributed by atoms with Gasteiger partial charge in [-0.25, -0.2) is 0 Å². The van der Waals surface area contributed by atoms with Crippen LogP contribution >= 0.6 is 0 Å². The van der Waals surface area contributed by atoms with Crippen molar-refractivity contribution in [1.82, 2.24) is 10.6 Å². The van der Waals surface area contributed by atoms with Crippen LogP contribution < -0.4 is 10.6 Å². The molecule has 1 rings (SSSR count). The summed E-state index contributed by atoms with van der Waals surface area (Å²) in [7, 11) is 0. The van der Waals surface area contributed by atoms with E-state index in [9.17, 15) is 0 Å². The maximum absolute atomic E-state index is 3.29. The van der Waals surface area contributed by atoms with Gasteiger partial charge in [-0.2, -0.15) is 0 Å². The minimum Gasteiger partial charge on any atom is -0.368 e. The number of rotatable bonds is 3. The van der Waals surface area contributed by atoms with Crippen LogP contribution in [0.15, 0.2) is 24.6 Å². The molecule has 0 fully saturated rings. The van der Waals surface area contributed by atoms with Gasteiger partial charge < -0.3 is 10.6 Å². The molecule has 0 saturated carbocycles. The molecule has 0 radical (unpaired) electrons. The van der Waals surface area contributed by atoms with Gasteiger partial charge in [0.25, 0.3) is 0 Å². The summed E-state index contributed by atoms with van der Waals surface area (Å²) in [4.78, 5) is 0. The number of dihydropyridines is 1. The highest BCUT2D eigenvalue weighted by Crippen LogP contribution is 2.01. The minimum atomic E-state index is 0.571. The van der Waals surface area contributed by atoms with Crippen molar-refractivity contribution >= 4 is 0 Å². The molecule has 1 aliphatic heterocycles. The highest BCUT2D eigenvalue weighted by molar-refractivity contribution is 5.06. The van der Waals surface area contributed by atoms with Crippen molar-refractivity contribution in [2.45, 2.75) is 6.92 Å². The first-order valence-electron chi connectivity index (χ1n) is 3.73. The molecule has 0 bridgehead atoms. The van der Waals surface area contributed by atoms with Crippen LogP contribution in [-0.2, 0) is 0 Å². The van der Waals surface area contributed by atoms with Crippen LogP contribution in [0, 0.1) is 5.92 Å². The van der Waals surface area contributed by atoms with Crippen LogP contribution in [-0.4, -0.2) is 13.1 Å². The Hall–Kier alpha value is -0.760. The van der Waals surface area contributed by atoms with E-state index in [-0.39, 0.29) is 0 Å². The summed E-state index contributed by atoms with van der Waals surface area (Å²) in [6.45, 7) is 4.21. The lowest BCUT2D eigenvalue weighted by Crippen LogP contribution is -2.21. The lowest BCUT2D eigenvalue weighted by Gasteiger charge is -2.10. The number of hydrogen-bond acceptors (Lipinski definition) is 2. The van der Waals surface area contributed by atoms with Gasteiger partial charge in [0.1, 0.15) is 0 Å². The fraction of sp³-hybridized carbons (Fsp3) is 0.500. The molecule has 2 N–H and O–H groups in total. The standard InChI is InChI=1S/C8H14N2/c1-2-9-7-8-3-5-10-6-4-8/h3-6,8-10H,2,7H2,1H3. The molecule has 2 nitrogen and oxygen atoms in total. The second-order valence-corrected chi connectivity index (χ2v) is 2.36. The molecule has 0 saturated heterocycles. The summed E-state index contributed by atoms with van der Waals surface area (Å²) in [6.07, 6.45) is 8.26. The number of hydrogen-bond donors (Lipinski definition) is 2. The van der Waals surface area contributed by atoms with Gasteiger partial charge in [-0.05, 0) is 18.9 Å². The predicted molar refractivity (Wildman–Crippen MR) is 43.4 cm³/mol. The molecular formula is C8H14N2. The zero-order chi connectivity index (χ0) is 7.23. The molecule has 0 atom stereocenters. The number of nitrogens with one attached hydrogen (secondary N) is 2. The quantitative estimate of drug-likeness (QED) is 0.604. The summed E-state index contributed by atoms with van der Waals surface area (Å²) in [5.41, 5.74) is 0. The third-order valence-electron chi connectivity index (χ3n) is 1.51. The van der Waals surface area contributed by atoms with E-state index >= 15 is 0 Å². The van der Waals surface area contributed by atoms with Crippen LogP contribution in [0.5, 0.6) is 0 Å². The molecule has 0 spiro atoms. The van der Waals surface area contributed by atoms with Gasteiger partial charge >= 0.3 is 0 Å². The van der Waals surface area contributed by atoms with Gasteiger partial charge in [0.15, 0.2) is 0 Å². The molecule has 1 heterocycles. The Morgan fingerprint density at radius 1 is 1.40 bits per heavy atom. The lowest BCUT2D eigenvalue weighted by molar-refractivity contribution is 0.643. The third-order valence-corrected chi connectivity index (χ3v) is 1.51. The molecule has 10 heavy (non-hydrogen) atoms. The van der Waals surface area contributed by atoms with Crippen molar-refractivity contribution in [2.75, 3.05) is 13.1 Å². The first-order chi connectivity index (χ1) is 4.93. The molecule has 0 aliphatic carbocycles. The van der Waals surface area contributed by atoms with Gasteiger partial charge in [-0.1, -0.05) is 19.1 Å². The molecule has 0 aromatic rings. The lowest BCUT2D eigenvalue weighted by atomic mass is 10.1. The highest BCUT2D eigenvalue weighted by Gasteiger charge is 1.99. The van der Waals surface area contributed by atoms with Gasteiger partial charge in [-0.3, -0.25) is 0 Å². The maximum Gasteiger partial charge on any atom is 0.0106 e. The average Bonchev–Trinajstić information content (AvgIpc) is 2.03. The van der Waals surface area contributed by atoms with E-state index in [1.54, 1.807) is 0 Å². The first-order valence-corrected chi connectivity index (χ1v) is 3.73. The largest absolute Gasteiger partial charge is 0.368 e. The summed E-state index contributed by atoms with van der Waals surface area (Å²) in [5.74, 6) is 0.571. The molecule has 56 valence electrons. The van der Waals surface area contributed by atoms with Crippen LogP contribution in [0.3, 0.4) is 0 Å². The van der Waals surface area contributed by atoms with Crippen molar-refractivity contribution in [3.8, 4) is 0 Å².